The van der Waals surface area contributed by atoms with E-state index in [0.29, 0.717) is 27.2 Å². The summed E-state index contributed by atoms with van der Waals surface area (Å²) in [5, 5.41) is 0.546. The first kappa shape index (κ1) is 12.7. The molecule has 0 bridgehead atoms. The van der Waals surface area contributed by atoms with Crippen molar-refractivity contribution >= 4 is 28.5 Å². The first-order valence-electron chi connectivity index (χ1n) is 5.98. The number of carbonyl (C=O) groups excluding carboxylic acids is 1. The number of fused-ring (bicyclic) bond motifs is 1. The number of nitrogens with one attached hydrogen (secondary N) is 1. The summed E-state index contributed by atoms with van der Waals surface area (Å²) < 4.78 is 4.95. The minimum Gasteiger partial charge on any atom is -0.408 e. The first-order chi connectivity index (χ1) is 9.54. The van der Waals surface area contributed by atoms with E-state index in [2.05, 4.69) is 4.98 Å². The number of halogens is 1. The summed E-state index contributed by atoms with van der Waals surface area (Å²) in [5.41, 5.74) is 2.78. The van der Waals surface area contributed by atoms with Gasteiger partial charge in [-0.15, -0.1) is 0 Å². The predicted molar refractivity (Wildman–Crippen MR) is 76.5 cm³/mol. The highest BCUT2D eigenvalue weighted by Crippen LogP contribution is 2.20. The zero-order chi connectivity index (χ0) is 14.3. The highest BCUT2D eigenvalue weighted by Gasteiger charge is 2.12. The summed E-state index contributed by atoms with van der Waals surface area (Å²) in [6.07, 6.45) is 0. The molecular weight excluding hydrogens is 278 g/mol. The van der Waals surface area contributed by atoms with Gasteiger partial charge in [0, 0.05) is 16.1 Å². The van der Waals surface area contributed by atoms with Crippen molar-refractivity contribution < 1.29 is 9.21 Å². The number of aromatic nitrogens is 1. The molecule has 0 aliphatic heterocycles. The third kappa shape index (κ3) is 2.14. The molecule has 4 nitrogen and oxygen atoms in total. The van der Waals surface area contributed by atoms with Gasteiger partial charge in [0.15, 0.2) is 11.4 Å². The quantitative estimate of drug-likeness (QED) is 0.736. The molecule has 0 aliphatic rings. The number of hydrogen-bond acceptors (Lipinski definition) is 3. The van der Waals surface area contributed by atoms with Crippen molar-refractivity contribution in [2.24, 2.45) is 0 Å². The van der Waals surface area contributed by atoms with Crippen LogP contribution in [0.25, 0.3) is 11.1 Å². The summed E-state index contributed by atoms with van der Waals surface area (Å²) in [6.45, 7) is 1.87. The standard InChI is InChI=1S/C15H10ClNO3/c1-8-2-3-9(6-11(8)16)14(18)10-4-5-12-13(7-10)20-15(19)17-12/h2-7H,1H3,(H,17,19). The first-order valence-corrected chi connectivity index (χ1v) is 6.36. The number of carbonyl (C=O) groups is 1. The Balaban J connectivity index is 2.07. The van der Waals surface area contributed by atoms with Crippen LogP contribution in [0.5, 0.6) is 0 Å². The van der Waals surface area contributed by atoms with Crippen LogP contribution in [0.15, 0.2) is 45.6 Å². The monoisotopic (exact) mass is 287 g/mol. The van der Waals surface area contributed by atoms with Gasteiger partial charge in [0.25, 0.3) is 0 Å². The number of H-pyrrole nitrogens is 1. The fourth-order valence-corrected chi connectivity index (χ4v) is 2.17. The largest absolute Gasteiger partial charge is 0.417 e. The molecule has 0 unspecified atom stereocenters. The van der Waals surface area contributed by atoms with Crippen LogP contribution in [0.2, 0.25) is 5.02 Å². The molecule has 0 aliphatic carbocycles. The third-order valence-electron chi connectivity index (χ3n) is 3.12. The molecule has 0 saturated heterocycles. The summed E-state index contributed by atoms with van der Waals surface area (Å²) in [5.74, 6) is -0.708. The van der Waals surface area contributed by atoms with E-state index in [1.54, 1.807) is 36.4 Å². The molecule has 1 heterocycles. The zero-order valence-electron chi connectivity index (χ0n) is 10.6. The van der Waals surface area contributed by atoms with E-state index >= 15 is 0 Å². The third-order valence-corrected chi connectivity index (χ3v) is 3.52. The molecule has 0 atom stereocenters. The average molecular weight is 288 g/mol. The normalized spacial score (nSPS) is 10.9. The van der Waals surface area contributed by atoms with Crippen LogP contribution >= 0.6 is 11.6 Å². The molecule has 0 fully saturated rings. The van der Waals surface area contributed by atoms with Gasteiger partial charge in [-0.2, -0.15) is 0 Å². The Labute approximate surface area is 119 Å². The Kier molecular flexibility index (Phi) is 2.95. The predicted octanol–water partition coefficient (Wildman–Crippen LogP) is 3.31. The number of hydrogen-bond donors (Lipinski definition) is 1. The zero-order valence-corrected chi connectivity index (χ0v) is 11.3. The lowest BCUT2D eigenvalue weighted by molar-refractivity contribution is 0.103. The van der Waals surface area contributed by atoms with E-state index in [4.69, 9.17) is 16.0 Å². The second kappa shape index (κ2) is 4.65. The van der Waals surface area contributed by atoms with E-state index in [1.165, 1.54) is 0 Å². The van der Waals surface area contributed by atoms with Crippen LogP contribution in [0.1, 0.15) is 21.5 Å². The molecular formula is C15H10ClNO3. The Morgan fingerprint density at radius 1 is 1.15 bits per heavy atom. The number of ketones is 1. The van der Waals surface area contributed by atoms with Gasteiger partial charge in [-0.3, -0.25) is 9.78 Å². The van der Waals surface area contributed by atoms with Crippen molar-refractivity contribution in [1.29, 1.82) is 0 Å². The van der Waals surface area contributed by atoms with Crippen molar-refractivity contribution in [3.8, 4) is 0 Å². The van der Waals surface area contributed by atoms with Crippen molar-refractivity contribution in [3.05, 3.63) is 68.7 Å². The fourth-order valence-electron chi connectivity index (χ4n) is 1.99. The lowest BCUT2D eigenvalue weighted by Crippen LogP contribution is -2.01. The molecule has 5 heteroatoms. The second-order valence-corrected chi connectivity index (χ2v) is 4.93. The van der Waals surface area contributed by atoms with Crippen LogP contribution in [0, 0.1) is 6.92 Å². The topological polar surface area (TPSA) is 63.1 Å². The van der Waals surface area contributed by atoms with Crippen molar-refractivity contribution in [3.63, 3.8) is 0 Å². The van der Waals surface area contributed by atoms with Crippen molar-refractivity contribution in [2.45, 2.75) is 6.92 Å². The number of aromatic amines is 1. The maximum absolute atomic E-state index is 12.4. The molecule has 1 aromatic heterocycles. The smallest absolute Gasteiger partial charge is 0.408 e. The number of aryl methyl sites for hydroxylation is 1. The molecule has 3 aromatic rings. The minimum atomic E-state index is -0.539. The van der Waals surface area contributed by atoms with E-state index < -0.39 is 5.76 Å². The highest BCUT2D eigenvalue weighted by molar-refractivity contribution is 6.31. The molecule has 0 saturated carbocycles. The van der Waals surface area contributed by atoms with Gasteiger partial charge in [-0.05, 0) is 36.8 Å². The van der Waals surface area contributed by atoms with E-state index in [-0.39, 0.29) is 5.78 Å². The number of oxazole rings is 1. The molecule has 0 amide bonds. The van der Waals surface area contributed by atoms with Gasteiger partial charge in [0.05, 0.1) is 5.52 Å². The van der Waals surface area contributed by atoms with Crippen LogP contribution < -0.4 is 5.76 Å². The lowest BCUT2D eigenvalue weighted by Gasteiger charge is -2.03. The maximum Gasteiger partial charge on any atom is 0.417 e. The molecule has 1 N–H and O–H groups in total. The molecule has 2 aromatic carbocycles. The van der Waals surface area contributed by atoms with Crippen molar-refractivity contribution in [2.75, 3.05) is 0 Å². The van der Waals surface area contributed by atoms with Gasteiger partial charge >= 0.3 is 5.76 Å². The van der Waals surface area contributed by atoms with Gasteiger partial charge < -0.3 is 4.42 Å². The minimum absolute atomic E-state index is 0.169. The van der Waals surface area contributed by atoms with E-state index in [1.807, 2.05) is 6.92 Å². The SMILES string of the molecule is Cc1ccc(C(=O)c2ccc3[nH]c(=O)oc3c2)cc1Cl. The Bertz CT molecular complexity index is 876. The van der Waals surface area contributed by atoms with Crippen LogP contribution in [-0.4, -0.2) is 10.8 Å². The molecule has 0 radical (unpaired) electrons. The maximum atomic E-state index is 12.4. The van der Waals surface area contributed by atoms with E-state index in [9.17, 15) is 9.59 Å². The molecule has 0 spiro atoms. The molecule has 3 rings (SSSR count). The Morgan fingerprint density at radius 3 is 2.60 bits per heavy atom. The van der Waals surface area contributed by atoms with Gasteiger partial charge in [0.2, 0.25) is 0 Å². The second-order valence-electron chi connectivity index (χ2n) is 4.52. The molecule has 20 heavy (non-hydrogen) atoms. The Hall–Kier alpha value is -2.33. The van der Waals surface area contributed by atoms with Crippen LogP contribution in [0.3, 0.4) is 0 Å². The summed E-state index contributed by atoms with van der Waals surface area (Å²) in [6, 6.07) is 9.98. The van der Waals surface area contributed by atoms with Gasteiger partial charge in [-0.1, -0.05) is 23.7 Å². The van der Waals surface area contributed by atoms with Crippen molar-refractivity contribution in [1.82, 2.24) is 4.98 Å². The van der Waals surface area contributed by atoms with Gasteiger partial charge in [-0.25, -0.2) is 4.79 Å². The number of benzene rings is 2. The van der Waals surface area contributed by atoms with E-state index in [0.717, 1.165) is 5.56 Å². The summed E-state index contributed by atoms with van der Waals surface area (Å²) >= 11 is 6.03. The van der Waals surface area contributed by atoms with Crippen LogP contribution in [0.4, 0.5) is 0 Å². The number of rotatable bonds is 2. The molecule has 100 valence electrons. The highest BCUT2D eigenvalue weighted by atomic mass is 35.5. The van der Waals surface area contributed by atoms with Gasteiger partial charge in [0.1, 0.15) is 0 Å². The Morgan fingerprint density at radius 2 is 1.85 bits per heavy atom. The lowest BCUT2D eigenvalue weighted by atomic mass is 10.0. The average Bonchev–Trinajstić information content (AvgIpc) is 2.80. The fraction of sp³-hybridized carbons (Fsp3) is 0.0667. The summed E-state index contributed by atoms with van der Waals surface area (Å²) in [4.78, 5) is 26.0. The summed E-state index contributed by atoms with van der Waals surface area (Å²) in [7, 11) is 0. The van der Waals surface area contributed by atoms with Crippen LogP contribution in [-0.2, 0) is 0 Å².